The van der Waals surface area contributed by atoms with Crippen molar-refractivity contribution in [1.29, 1.82) is 0 Å². The Morgan fingerprint density at radius 3 is 2.45 bits per heavy atom. The average molecular weight is 301 g/mol. The Morgan fingerprint density at radius 2 is 1.95 bits per heavy atom. The second-order valence-electron chi connectivity index (χ2n) is 5.05. The van der Waals surface area contributed by atoms with Crippen LogP contribution in [0.5, 0.6) is 0 Å². The van der Waals surface area contributed by atoms with E-state index in [1.165, 1.54) is 6.92 Å². The fourth-order valence-electron chi connectivity index (χ4n) is 1.99. The molecule has 1 atom stereocenters. The van der Waals surface area contributed by atoms with Crippen LogP contribution in [0.3, 0.4) is 0 Å². The number of hydrogen-bond donors (Lipinski definition) is 2. The minimum Gasteiger partial charge on any atom is -0.374 e. The molecule has 22 heavy (non-hydrogen) atoms. The number of amides is 1. The minimum atomic E-state index is -0.403. The van der Waals surface area contributed by atoms with Gasteiger partial charge >= 0.3 is 0 Å². The molecule has 2 aromatic rings. The Kier molecular flexibility index (Phi) is 4.93. The molecule has 0 aliphatic carbocycles. The first-order valence-corrected chi connectivity index (χ1v) is 7.11. The highest BCUT2D eigenvalue weighted by atomic mass is 16.5. The maximum atomic E-state index is 12.2. The van der Waals surface area contributed by atoms with Gasteiger partial charge < -0.3 is 15.2 Å². The molecule has 2 N–H and O–H groups in total. The number of Topliss-reactive ketones (excluding diaryl/α,β-unsaturated/α-hetero) is 1. The summed E-state index contributed by atoms with van der Waals surface area (Å²) in [5, 5.41) is 9.58. The van der Waals surface area contributed by atoms with Crippen molar-refractivity contribution in [3.05, 3.63) is 41.7 Å². The maximum absolute atomic E-state index is 12.2. The largest absolute Gasteiger partial charge is 0.374 e. The highest BCUT2D eigenvalue weighted by molar-refractivity contribution is 5.96. The van der Waals surface area contributed by atoms with Crippen molar-refractivity contribution in [2.45, 2.75) is 33.2 Å². The number of aryl methyl sites for hydroxylation is 1. The van der Waals surface area contributed by atoms with Crippen LogP contribution >= 0.6 is 0 Å². The first-order chi connectivity index (χ1) is 10.5. The average Bonchev–Trinajstić information content (AvgIpc) is 2.90. The first kappa shape index (κ1) is 15.8. The summed E-state index contributed by atoms with van der Waals surface area (Å²) in [6.07, 6.45) is 0.608. The molecule has 1 amide bonds. The molecule has 1 aromatic carbocycles. The van der Waals surface area contributed by atoms with Gasteiger partial charge in [0.05, 0.1) is 0 Å². The van der Waals surface area contributed by atoms with Gasteiger partial charge in [-0.1, -0.05) is 12.1 Å². The van der Waals surface area contributed by atoms with Crippen molar-refractivity contribution >= 4 is 23.2 Å². The van der Waals surface area contributed by atoms with Crippen molar-refractivity contribution in [3.63, 3.8) is 0 Å². The molecular weight excluding hydrogens is 282 g/mol. The lowest BCUT2D eigenvalue weighted by molar-refractivity contribution is -0.117. The van der Waals surface area contributed by atoms with Crippen LogP contribution in [0, 0.1) is 6.92 Å². The second-order valence-corrected chi connectivity index (χ2v) is 5.05. The predicted molar refractivity (Wildman–Crippen MR) is 84.0 cm³/mol. The third-order valence-corrected chi connectivity index (χ3v) is 3.24. The number of carbonyl (C=O) groups is 2. The van der Waals surface area contributed by atoms with Gasteiger partial charge in [-0.25, -0.2) is 0 Å². The van der Waals surface area contributed by atoms with E-state index in [0.29, 0.717) is 23.6 Å². The Labute approximate surface area is 128 Å². The molecule has 6 heteroatoms. The molecule has 2 rings (SSSR count). The number of rotatable bonds is 6. The van der Waals surface area contributed by atoms with Crippen molar-refractivity contribution in [3.8, 4) is 0 Å². The molecule has 116 valence electrons. The Bertz CT molecular complexity index is 662. The lowest BCUT2D eigenvalue weighted by Gasteiger charge is -2.17. The zero-order valence-electron chi connectivity index (χ0n) is 12.8. The summed E-state index contributed by atoms with van der Waals surface area (Å²) in [6.45, 7) is 5.19. The molecule has 0 fully saturated rings. The minimum absolute atomic E-state index is 0.0118. The van der Waals surface area contributed by atoms with Gasteiger partial charge in [0.15, 0.2) is 11.6 Å². The van der Waals surface area contributed by atoms with Crippen LogP contribution in [-0.2, 0) is 4.79 Å². The quantitative estimate of drug-likeness (QED) is 0.801. The molecule has 0 aliphatic heterocycles. The summed E-state index contributed by atoms with van der Waals surface area (Å²) in [4.78, 5) is 23.5. The van der Waals surface area contributed by atoms with E-state index < -0.39 is 6.04 Å². The molecule has 0 radical (unpaired) electrons. The molecule has 6 nitrogen and oxygen atoms in total. The van der Waals surface area contributed by atoms with Crippen LogP contribution in [0.1, 0.15) is 36.4 Å². The molecule has 0 unspecified atom stereocenters. The lowest BCUT2D eigenvalue weighted by atomic mass is 10.1. The number of ketones is 1. The summed E-state index contributed by atoms with van der Waals surface area (Å²) in [7, 11) is 0. The normalized spacial score (nSPS) is 11.8. The van der Waals surface area contributed by atoms with Gasteiger partial charge in [-0.15, -0.1) is 0 Å². The van der Waals surface area contributed by atoms with Crippen LogP contribution in [-0.4, -0.2) is 22.9 Å². The predicted octanol–water partition coefficient (Wildman–Crippen LogP) is 3.01. The molecule has 1 heterocycles. The van der Waals surface area contributed by atoms with Crippen LogP contribution in [0.4, 0.5) is 11.5 Å². The van der Waals surface area contributed by atoms with Gasteiger partial charge in [0.25, 0.3) is 0 Å². The van der Waals surface area contributed by atoms with Crippen molar-refractivity contribution in [1.82, 2.24) is 5.16 Å². The van der Waals surface area contributed by atoms with E-state index in [4.69, 9.17) is 4.52 Å². The monoisotopic (exact) mass is 301 g/mol. The molecule has 0 saturated heterocycles. The van der Waals surface area contributed by atoms with Crippen LogP contribution in [0.15, 0.2) is 34.9 Å². The van der Waals surface area contributed by atoms with Gasteiger partial charge in [-0.2, -0.15) is 0 Å². The van der Waals surface area contributed by atoms with E-state index in [2.05, 4.69) is 15.8 Å². The zero-order valence-corrected chi connectivity index (χ0v) is 12.8. The van der Waals surface area contributed by atoms with Crippen LogP contribution in [0.2, 0.25) is 0 Å². The third kappa shape index (κ3) is 3.94. The molecule has 0 saturated carbocycles. The van der Waals surface area contributed by atoms with Crippen LogP contribution < -0.4 is 10.6 Å². The van der Waals surface area contributed by atoms with Gasteiger partial charge in [0, 0.05) is 17.3 Å². The lowest BCUT2D eigenvalue weighted by Crippen LogP contribution is -2.34. The summed E-state index contributed by atoms with van der Waals surface area (Å²) >= 11 is 0. The van der Waals surface area contributed by atoms with Crippen LogP contribution in [0.25, 0.3) is 0 Å². The van der Waals surface area contributed by atoms with Gasteiger partial charge in [-0.3, -0.25) is 9.59 Å². The number of nitrogens with zero attached hydrogens (tertiary/aromatic N) is 1. The van der Waals surface area contributed by atoms with Gasteiger partial charge in [0.2, 0.25) is 5.91 Å². The van der Waals surface area contributed by atoms with E-state index in [1.807, 2.05) is 6.92 Å². The van der Waals surface area contributed by atoms with Crippen molar-refractivity contribution < 1.29 is 14.1 Å². The summed E-state index contributed by atoms with van der Waals surface area (Å²) < 4.78 is 4.92. The van der Waals surface area contributed by atoms with Gasteiger partial charge in [-0.05, 0) is 44.5 Å². The first-order valence-electron chi connectivity index (χ1n) is 7.11. The summed E-state index contributed by atoms with van der Waals surface area (Å²) in [5.74, 6) is 0.856. The maximum Gasteiger partial charge on any atom is 0.248 e. The third-order valence-electron chi connectivity index (χ3n) is 3.24. The second kappa shape index (κ2) is 6.89. The Balaban J connectivity index is 2.01. The molecule has 0 spiro atoms. The van der Waals surface area contributed by atoms with Crippen molar-refractivity contribution in [2.75, 3.05) is 10.6 Å². The van der Waals surface area contributed by atoms with E-state index in [1.54, 1.807) is 37.3 Å². The van der Waals surface area contributed by atoms with Crippen molar-refractivity contribution in [2.24, 2.45) is 0 Å². The number of nitrogens with one attached hydrogen (secondary N) is 2. The van der Waals surface area contributed by atoms with E-state index in [9.17, 15) is 9.59 Å². The number of carbonyl (C=O) groups excluding carboxylic acids is 2. The number of anilines is 2. The highest BCUT2D eigenvalue weighted by Crippen LogP contribution is 2.14. The van der Waals surface area contributed by atoms with E-state index in [0.717, 1.165) is 5.69 Å². The molecule has 1 aromatic heterocycles. The number of benzene rings is 1. The molecule has 0 bridgehead atoms. The molecular formula is C16H19N3O3. The van der Waals surface area contributed by atoms with E-state index >= 15 is 0 Å². The fourth-order valence-corrected chi connectivity index (χ4v) is 1.99. The van der Waals surface area contributed by atoms with E-state index in [-0.39, 0.29) is 11.7 Å². The Hall–Kier alpha value is -2.63. The smallest absolute Gasteiger partial charge is 0.248 e. The van der Waals surface area contributed by atoms with Gasteiger partial charge in [0.1, 0.15) is 11.8 Å². The summed E-state index contributed by atoms with van der Waals surface area (Å²) in [5.41, 5.74) is 1.42. The topological polar surface area (TPSA) is 84.2 Å². The standard InChI is InChI=1S/C16H19N3O3/c1-4-14(16(21)18-15-9-10(2)22-19-15)17-13-7-5-12(6-8-13)11(3)20/h5-9,14,17H,4H2,1-3H3,(H,18,19,21)/t14-/m0/s1. The highest BCUT2D eigenvalue weighted by Gasteiger charge is 2.17. The number of aromatic nitrogens is 1. The summed E-state index contributed by atoms with van der Waals surface area (Å²) in [6, 6.07) is 8.29. The fraction of sp³-hybridized carbons (Fsp3) is 0.312. The zero-order chi connectivity index (χ0) is 16.1. The molecule has 0 aliphatic rings. The Morgan fingerprint density at radius 1 is 1.27 bits per heavy atom. The SMILES string of the molecule is CC[C@H](Nc1ccc(C(C)=O)cc1)C(=O)Nc1cc(C)on1. The number of hydrogen-bond acceptors (Lipinski definition) is 5.